The van der Waals surface area contributed by atoms with Crippen molar-refractivity contribution in [3.8, 4) is 5.75 Å². The van der Waals surface area contributed by atoms with Crippen molar-refractivity contribution in [2.75, 3.05) is 31.2 Å². The van der Waals surface area contributed by atoms with Crippen LogP contribution in [0.15, 0.2) is 24.3 Å². The molecule has 1 aromatic heterocycles. The molecule has 1 fully saturated rings. The molecule has 1 atom stereocenters. The van der Waals surface area contributed by atoms with Gasteiger partial charge in [0.25, 0.3) is 5.91 Å². The molecular weight excluding hydrogens is 326 g/mol. The fourth-order valence-corrected chi connectivity index (χ4v) is 3.41. The van der Waals surface area contributed by atoms with Gasteiger partial charge in [-0.05, 0) is 31.5 Å². The number of benzene rings is 1. The second-order valence-electron chi connectivity index (χ2n) is 5.61. The highest BCUT2D eigenvalue weighted by atomic mass is 32.1. The lowest BCUT2D eigenvalue weighted by molar-refractivity contribution is 0.0935. The number of carbonyl (C=O) groups excluding carboxylic acids is 1. The number of carbonyl (C=O) groups is 1. The number of methoxy groups -OCH3 is 1. The van der Waals surface area contributed by atoms with Gasteiger partial charge < -0.3 is 26.4 Å². The zero-order valence-electron chi connectivity index (χ0n) is 13.5. The third-order valence-corrected chi connectivity index (χ3v) is 4.80. The molecule has 7 nitrogen and oxygen atoms in total. The van der Waals surface area contributed by atoms with Crippen LogP contribution in [0.2, 0.25) is 0 Å². The van der Waals surface area contributed by atoms with Crippen LogP contribution in [0.25, 0.3) is 0 Å². The van der Waals surface area contributed by atoms with E-state index in [0.717, 1.165) is 37.4 Å². The smallest absolute Gasteiger partial charge is 0.265 e. The minimum absolute atomic E-state index is 0.141. The first-order valence-corrected chi connectivity index (χ1v) is 8.66. The maximum atomic E-state index is 12.4. The summed E-state index contributed by atoms with van der Waals surface area (Å²) in [7, 11) is 1.61. The number of ether oxygens (including phenoxy) is 1. The van der Waals surface area contributed by atoms with Crippen LogP contribution in [-0.2, 0) is 0 Å². The minimum Gasteiger partial charge on any atom is -0.497 e. The monoisotopic (exact) mass is 347 g/mol. The molecule has 0 saturated carbocycles. The van der Waals surface area contributed by atoms with Crippen molar-refractivity contribution in [3.05, 3.63) is 29.1 Å². The van der Waals surface area contributed by atoms with Crippen LogP contribution in [-0.4, -0.2) is 37.1 Å². The van der Waals surface area contributed by atoms with Crippen LogP contribution in [0.4, 0.5) is 16.6 Å². The number of hydrogen-bond donors (Lipinski definition) is 4. The van der Waals surface area contributed by atoms with Gasteiger partial charge in [0.2, 0.25) is 0 Å². The van der Waals surface area contributed by atoms with E-state index in [9.17, 15) is 4.79 Å². The molecule has 3 rings (SSSR count). The lowest BCUT2D eigenvalue weighted by atomic mass is 10.1. The Morgan fingerprint density at radius 2 is 2.38 bits per heavy atom. The number of rotatable bonds is 5. The number of nitrogen functional groups attached to an aromatic ring is 1. The zero-order chi connectivity index (χ0) is 16.9. The topological polar surface area (TPSA) is 101 Å². The van der Waals surface area contributed by atoms with E-state index in [1.807, 2.05) is 24.3 Å². The summed E-state index contributed by atoms with van der Waals surface area (Å²) in [5, 5.41) is 10.0. The van der Waals surface area contributed by atoms with E-state index in [1.165, 1.54) is 11.3 Å². The lowest BCUT2D eigenvalue weighted by Crippen LogP contribution is -2.45. The normalized spacial score (nSPS) is 17.3. The summed E-state index contributed by atoms with van der Waals surface area (Å²) in [6, 6.07) is 7.63. The second-order valence-corrected chi connectivity index (χ2v) is 6.61. The Morgan fingerprint density at radius 1 is 1.50 bits per heavy atom. The summed E-state index contributed by atoms with van der Waals surface area (Å²) in [6.45, 7) is 1.79. The lowest BCUT2D eigenvalue weighted by Gasteiger charge is -2.23. The number of nitrogens with two attached hydrogens (primary N) is 1. The molecule has 0 radical (unpaired) electrons. The molecule has 1 aliphatic heterocycles. The first kappa shape index (κ1) is 16.5. The van der Waals surface area contributed by atoms with E-state index in [0.29, 0.717) is 10.0 Å². The Labute approximate surface area is 144 Å². The first-order valence-electron chi connectivity index (χ1n) is 7.84. The quantitative estimate of drug-likeness (QED) is 0.660. The molecule has 5 N–H and O–H groups in total. The molecule has 128 valence electrons. The Kier molecular flexibility index (Phi) is 5.17. The van der Waals surface area contributed by atoms with Gasteiger partial charge >= 0.3 is 0 Å². The van der Waals surface area contributed by atoms with E-state index in [4.69, 9.17) is 10.5 Å². The first-order chi connectivity index (χ1) is 11.7. The van der Waals surface area contributed by atoms with Gasteiger partial charge in [0, 0.05) is 24.3 Å². The van der Waals surface area contributed by atoms with E-state index in [1.54, 1.807) is 7.11 Å². The van der Waals surface area contributed by atoms with Crippen LogP contribution >= 0.6 is 11.3 Å². The summed E-state index contributed by atoms with van der Waals surface area (Å²) in [5.74, 6) is 0.816. The molecule has 0 unspecified atom stereocenters. The van der Waals surface area contributed by atoms with Gasteiger partial charge in [-0.25, -0.2) is 4.98 Å². The van der Waals surface area contributed by atoms with E-state index in [-0.39, 0.29) is 17.8 Å². The van der Waals surface area contributed by atoms with Crippen LogP contribution in [0, 0.1) is 0 Å². The Balaban J connectivity index is 1.68. The third-order valence-electron chi connectivity index (χ3n) is 3.81. The molecule has 2 heterocycles. The summed E-state index contributed by atoms with van der Waals surface area (Å²) in [6.07, 6.45) is 2.04. The highest BCUT2D eigenvalue weighted by Gasteiger charge is 2.21. The van der Waals surface area contributed by atoms with Gasteiger partial charge in [0.15, 0.2) is 5.13 Å². The molecule has 1 aliphatic rings. The molecule has 24 heavy (non-hydrogen) atoms. The van der Waals surface area contributed by atoms with Gasteiger partial charge in [-0.1, -0.05) is 17.4 Å². The van der Waals surface area contributed by atoms with Crippen molar-refractivity contribution in [2.45, 2.75) is 18.9 Å². The van der Waals surface area contributed by atoms with Gasteiger partial charge in [-0.2, -0.15) is 0 Å². The SMILES string of the molecule is COc1cccc(Nc2nc(N)c(C(=O)N[C@H]3CCCNC3)s2)c1. The van der Waals surface area contributed by atoms with Crippen molar-refractivity contribution < 1.29 is 9.53 Å². The van der Waals surface area contributed by atoms with E-state index >= 15 is 0 Å². The van der Waals surface area contributed by atoms with Crippen molar-refractivity contribution in [2.24, 2.45) is 0 Å². The summed E-state index contributed by atoms with van der Waals surface area (Å²) < 4.78 is 5.19. The van der Waals surface area contributed by atoms with Crippen molar-refractivity contribution in [3.63, 3.8) is 0 Å². The minimum atomic E-state index is -0.169. The fraction of sp³-hybridized carbons (Fsp3) is 0.375. The molecule has 0 spiro atoms. The van der Waals surface area contributed by atoms with Crippen molar-refractivity contribution >= 4 is 33.9 Å². The standard InChI is InChI=1S/C16H21N5O2S/c1-23-12-6-2-4-10(8-12)20-16-21-14(17)13(24-16)15(22)19-11-5-3-7-18-9-11/h2,4,6,8,11,18H,3,5,7,9,17H2,1H3,(H,19,22)(H,20,21)/t11-/m0/s1. The largest absolute Gasteiger partial charge is 0.497 e. The number of piperidine rings is 1. The number of anilines is 3. The molecule has 1 amide bonds. The molecule has 0 bridgehead atoms. The summed E-state index contributed by atoms with van der Waals surface area (Å²) >= 11 is 1.24. The Bertz CT molecular complexity index is 712. The molecular formula is C16H21N5O2S. The number of nitrogens with one attached hydrogen (secondary N) is 3. The highest BCUT2D eigenvalue weighted by Crippen LogP contribution is 2.29. The van der Waals surface area contributed by atoms with E-state index < -0.39 is 0 Å². The number of aromatic nitrogens is 1. The molecule has 2 aromatic rings. The van der Waals surface area contributed by atoms with Crippen LogP contribution in [0.5, 0.6) is 5.75 Å². The van der Waals surface area contributed by atoms with Gasteiger partial charge in [0.1, 0.15) is 16.4 Å². The van der Waals surface area contributed by atoms with Crippen LogP contribution in [0.3, 0.4) is 0 Å². The number of thiazole rings is 1. The van der Waals surface area contributed by atoms with Gasteiger partial charge in [0.05, 0.1) is 7.11 Å². The average Bonchev–Trinajstić information content (AvgIpc) is 2.96. The van der Waals surface area contributed by atoms with Crippen molar-refractivity contribution in [1.82, 2.24) is 15.6 Å². The molecule has 1 saturated heterocycles. The third kappa shape index (κ3) is 3.95. The van der Waals surface area contributed by atoms with Crippen LogP contribution < -0.4 is 26.4 Å². The maximum Gasteiger partial charge on any atom is 0.265 e. The number of nitrogens with zero attached hydrogens (tertiary/aromatic N) is 1. The highest BCUT2D eigenvalue weighted by molar-refractivity contribution is 7.18. The fourth-order valence-electron chi connectivity index (χ4n) is 2.60. The predicted octanol–water partition coefficient (Wildman–Crippen LogP) is 1.96. The van der Waals surface area contributed by atoms with Crippen molar-refractivity contribution in [1.29, 1.82) is 0 Å². The van der Waals surface area contributed by atoms with Gasteiger partial charge in [-0.3, -0.25) is 4.79 Å². The molecule has 0 aliphatic carbocycles. The number of amides is 1. The molecule has 8 heteroatoms. The summed E-state index contributed by atoms with van der Waals surface area (Å²) in [4.78, 5) is 17.1. The molecule has 1 aromatic carbocycles. The van der Waals surface area contributed by atoms with Crippen LogP contribution in [0.1, 0.15) is 22.5 Å². The van der Waals surface area contributed by atoms with Gasteiger partial charge in [-0.15, -0.1) is 0 Å². The average molecular weight is 347 g/mol. The predicted molar refractivity (Wildman–Crippen MR) is 96.2 cm³/mol. The zero-order valence-corrected chi connectivity index (χ0v) is 14.3. The maximum absolute atomic E-state index is 12.4. The second kappa shape index (κ2) is 7.50. The number of hydrogen-bond acceptors (Lipinski definition) is 7. The Morgan fingerprint density at radius 3 is 3.12 bits per heavy atom. The van der Waals surface area contributed by atoms with E-state index in [2.05, 4.69) is 20.9 Å². The Hall–Kier alpha value is -2.32. The summed E-state index contributed by atoms with van der Waals surface area (Å²) in [5.41, 5.74) is 6.74.